The first-order chi connectivity index (χ1) is 9.81. The van der Waals surface area contributed by atoms with Gasteiger partial charge in [-0.2, -0.15) is 0 Å². The SMILES string of the molecule is CCC/C(I)=C1/c2ccc(OC)cc2C(=O)N1C(C)(C)C. The van der Waals surface area contributed by atoms with E-state index in [1.165, 1.54) is 3.58 Å². The van der Waals surface area contributed by atoms with Gasteiger partial charge in [-0.05, 0) is 68.0 Å². The van der Waals surface area contributed by atoms with Crippen molar-refractivity contribution >= 4 is 34.2 Å². The summed E-state index contributed by atoms with van der Waals surface area (Å²) in [5.41, 5.74) is 2.58. The fourth-order valence-corrected chi connectivity index (χ4v) is 3.69. The van der Waals surface area contributed by atoms with Gasteiger partial charge in [0, 0.05) is 14.7 Å². The van der Waals surface area contributed by atoms with Crippen molar-refractivity contribution in [3.63, 3.8) is 0 Å². The summed E-state index contributed by atoms with van der Waals surface area (Å²) in [6, 6.07) is 5.77. The number of nitrogens with zero attached hydrogens (tertiary/aromatic N) is 1. The highest BCUT2D eigenvalue weighted by atomic mass is 127. The van der Waals surface area contributed by atoms with Crippen LogP contribution in [0.5, 0.6) is 5.75 Å². The van der Waals surface area contributed by atoms with Crippen LogP contribution in [0.4, 0.5) is 0 Å². The van der Waals surface area contributed by atoms with Crippen molar-refractivity contribution in [3.05, 3.63) is 32.9 Å². The highest BCUT2D eigenvalue weighted by Gasteiger charge is 2.40. The van der Waals surface area contributed by atoms with Crippen molar-refractivity contribution in [2.45, 2.75) is 46.1 Å². The van der Waals surface area contributed by atoms with Gasteiger partial charge in [0.1, 0.15) is 5.75 Å². The van der Waals surface area contributed by atoms with Crippen molar-refractivity contribution in [3.8, 4) is 5.75 Å². The molecule has 0 N–H and O–H groups in total. The molecule has 1 aromatic rings. The Bertz CT molecular complexity index is 599. The monoisotopic (exact) mass is 399 g/mol. The van der Waals surface area contributed by atoms with Gasteiger partial charge in [0.2, 0.25) is 0 Å². The van der Waals surface area contributed by atoms with Crippen LogP contribution in [0.25, 0.3) is 5.70 Å². The van der Waals surface area contributed by atoms with Crippen LogP contribution in [-0.2, 0) is 0 Å². The molecule has 1 aliphatic rings. The quantitative estimate of drug-likeness (QED) is 0.680. The molecule has 1 heterocycles. The van der Waals surface area contributed by atoms with Gasteiger partial charge in [-0.25, -0.2) is 0 Å². The third-order valence-corrected chi connectivity index (χ3v) is 4.59. The maximum atomic E-state index is 12.9. The lowest BCUT2D eigenvalue weighted by Crippen LogP contribution is -2.41. The van der Waals surface area contributed by atoms with Crippen LogP contribution in [0.2, 0.25) is 0 Å². The van der Waals surface area contributed by atoms with E-state index in [1.54, 1.807) is 7.11 Å². The summed E-state index contributed by atoms with van der Waals surface area (Å²) in [4.78, 5) is 14.8. The Balaban J connectivity index is 2.66. The molecule has 1 amide bonds. The number of allylic oxidation sites excluding steroid dienone is 1. The van der Waals surface area contributed by atoms with Crippen molar-refractivity contribution in [1.29, 1.82) is 0 Å². The number of fused-ring (bicyclic) bond motifs is 1. The molecule has 4 heteroatoms. The third kappa shape index (κ3) is 2.96. The number of ether oxygens (including phenoxy) is 1. The lowest BCUT2D eigenvalue weighted by Gasteiger charge is -2.33. The summed E-state index contributed by atoms with van der Waals surface area (Å²) in [5, 5.41) is 0. The summed E-state index contributed by atoms with van der Waals surface area (Å²) >= 11 is 2.38. The summed E-state index contributed by atoms with van der Waals surface area (Å²) in [7, 11) is 1.63. The first-order valence-corrected chi connectivity index (χ1v) is 8.30. The predicted molar refractivity (Wildman–Crippen MR) is 94.8 cm³/mol. The second-order valence-electron chi connectivity index (χ2n) is 6.23. The summed E-state index contributed by atoms with van der Waals surface area (Å²) in [6.45, 7) is 8.38. The van der Waals surface area contributed by atoms with Gasteiger partial charge in [0.25, 0.3) is 5.91 Å². The second-order valence-corrected chi connectivity index (χ2v) is 7.53. The molecule has 1 aromatic carbocycles. The van der Waals surface area contributed by atoms with Crippen molar-refractivity contribution in [1.82, 2.24) is 4.90 Å². The maximum Gasteiger partial charge on any atom is 0.259 e. The molecule has 1 aliphatic heterocycles. The fourth-order valence-electron chi connectivity index (χ4n) is 2.62. The number of carbonyl (C=O) groups excluding carboxylic acids is 1. The molecule has 0 saturated carbocycles. The normalized spacial score (nSPS) is 17.0. The number of halogens is 1. The topological polar surface area (TPSA) is 29.5 Å². The lowest BCUT2D eigenvalue weighted by atomic mass is 10.0. The van der Waals surface area contributed by atoms with E-state index in [2.05, 4.69) is 50.3 Å². The van der Waals surface area contributed by atoms with E-state index in [1.807, 2.05) is 23.1 Å². The number of amides is 1. The van der Waals surface area contributed by atoms with E-state index in [4.69, 9.17) is 4.74 Å². The molecule has 21 heavy (non-hydrogen) atoms. The predicted octanol–water partition coefficient (Wildman–Crippen LogP) is 4.85. The summed E-state index contributed by atoms with van der Waals surface area (Å²) < 4.78 is 6.50. The Hall–Kier alpha value is -1.04. The zero-order valence-electron chi connectivity index (χ0n) is 13.3. The molecule has 0 atom stereocenters. The van der Waals surface area contributed by atoms with Gasteiger partial charge in [-0.1, -0.05) is 13.3 Å². The Labute approximate surface area is 140 Å². The minimum Gasteiger partial charge on any atom is -0.497 e. The molecule has 0 aromatic heterocycles. The lowest BCUT2D eigenvalue weighted by molar-refractivity contribution is 0.0748. The van der Waals surface area contributed by atoms with Gasteiger partial charge in [0.15, 0.2) is 0 Å². The molecule has 0 saturated heterocycles. The van der Waals surface area contributed by atoms with Crippen LogP contribution >= 0.6 is 22.6 Å². The zero-order valence-corrected chi connectivity index (χ0v) is 15.4. The fraction of sp³-hybridized carbons (Fsp3) is 0.471. The number of hydrogen-bond donors (Lipinski definition) is 0. The summed E-state index contributed by atoms with van der Waals surface area (Å²) in [5.74, 6) is 0.791. The standard InChI is InChI=1S/C17H22INO2/c1-6-7-14(18)15-12-9-8-11(21-5)10-13(12)16(20)19(15)17(2,3)4/h8-10H,6-7H2,1-5H3/b15-14+. The van der Waals surface area contributed by atoms with Crippen LogP contribution in [0.1, 0.15) is 56.5 Å². The molecule has 0 bridgehead atoms. The minimum absolute atomic E-state index is 0.0664. The highest BCUT2D eigenvalue weighted by molar-refractivity contribution is 14.1. The molecule has 0 aliphatic carbocycles. The van der Waals surface area contributed by atoms with Gasteiger partial charge in [-0.3, -0.25) is 4.79 Å². The molecule has 0 radical (unpaired) electrons. The number of rotatable bonds is 3. The number of methoxy groups -OCH3 is 1. The van der Waals surface area contributed by atoms with E-state index < -0.39 is 0 Å². The van der Waals surface area contributed by atoms with E-state index in [9.17, 15) is 4.79 Å². The summed E-state index contributed by atoms with van der Waals surface area (Å²) in [6.07, 6.45) is 2.06. The van der Waals surface area contributed by atoms with Gasteiger partial charge in [-0.15, -0.1) is 0 Å². The minimum atomic E-state index is -0.247. The Morgan fingerprint density at radius 3 is 2.48 bits per heavy atom. The molecule has 0 spiro atoms. The first kappa shape index (κ1) is 16.3. The van der Waals surface area contributed by atoms with E-state index in [0.29, 0.717) is 0 Å². The molecule has 3 nitrogen and oxygen atoms in total. The van der Waals surface area contributed by atoms with Crippen molar-refractivity contribution in [2.24, 2.45) is 0 Å². The molecule has 0 fully saturated rings. The molecular formula is C17H22INO2. The first-order valence-electron chi connectivity index (χ1n) is 7.22. The average Bonchev–Trinajstić information content (AvgIpc) is 2.71. The van der Waals surface area contributed by atoms with Crippen LogP contribution < -0.4 is 4.74 Å². The van der Waals surface area contributed by atoms with Crippen LogP contribution in [-0.4, -0.2) is 23.5 Å². The van der Waals surface area contributed by atoms with Gasteiger partial charge < -0.3 is 9.64 Å². The van der Waals surface area contributed by atoms with Crippen molar-refractivity contribution in [2.75, 3.05) is 7.11 Å². The third-order valence-electron chi connectivity index (χ3n) is 3.54. The molecule has 2 rings (SSSR count). The molecular weight excluding hydrogens is 377 g/mol. The number of hydrogen-bond acceptors (Lipinski definition) is 2. The second kappa shape index (κ2) is 5.99. The average molecular weight is 399 g/mol. The molecule has 0 unspecified atom stereocenters. The highest BCUT2D eigenvalue weighted by Crippen LogP contribution is 2.43. The van der Waals surface area contributed by atoms with Crippen LogP contribution in [0.15, 0.2) is 21.8 Å². The molecule has 114 valence electrons. The smallest absolute Gasteiger partial charge is 0.259 e. The van der Waals surface area contributed by atoms with E-state index in [-0.39, 0.29) is 11.4 Å². The van der Waals surface area contributed by atoms with E-state index >= 15 is 0 Å². The van der Waals surface area contributed by atoms with Crippen molar-refractivity contribution < 1.29 is 9.53 Å². The Kier molecular flexibility index (Phi) is 4.66. The largest absolute Gasteiger partial charge is 0.497 e. The van der Waals surface area contributed by atoms with E-state index in [0.717, 1.165) is 35.4 Å². The van der Waals surface area contributed by atoms with Crippen LogP contribution in [0.3, 0.4) is 0 Å². The Morgan fingerprint density at radius 1 is 1.29 bits per heavy atom. The zero-order chi connectivity index (χ0) is 15.8. The number of benzene rings is 1. The van der Waals surface area contributed by atoms with Gasteiger partial charge >= 0.3 is 0 Å². The maximum absolute atomic E-state index is 12.9. The number of carbonyl (C=O) groups is 1. The van der Waals surface area contributed by atoms with Gasteiger partial charge in [0.05, 0.1) is 18.4 Å². The van der Waals surface area contributed by atoms with Crippen LogP contribution in [0, 0.1) is 0 Å². The Morgan fingerprint density at radius 2 is 1.95 bits per heavy atom.